The first-order chi connectivity index (χ1) is 16.3. The second kappa shape index (κ2) is 8.20. The maximum absolute atomic E-state index is 2.58. The van der Waals surface area contributed by atoms with Gasteiger partial charge in [-0.15, -0.1) is 0 Å². The van der Waals surface area contributed by atoms with Crippen LogP contribution >= 0.6 is 22.6 Å². The molecule has 0 N–H and O–H groups in total. The molecule has 0 amide bonds. The van der Waals surface area contributed by atoms with Gasteiger partial charge >= 0.3 is 0 Å². The third-order valence-electron chi connectivity index (χ3n) is 6.47. The van der Waals surface area contributed by atoms with Crippen molar-refractivity contribution >= 4 is 44.4 Å². The van der Waals surface area contributed by atoms with Gasteiger partial charge in [-0.3, -0.25) is 0 Å². The summed E-state index contributed by atoms with van der Waals surface area (Å²) in [6, 6.07) is 41.2. The van der Waals surface area contributed by atoms with E-state index in [1.165, 1.54) is 58.8 Å². The highest BCUT2D eigenvalue weighted by atomic mass is 127. The van der Waals surface area contributed by atoms with Crippen LogP contribution in [0.15, 0.2) is 115 Å². The highest BCUT2D eigenvalue weighted by Gasteiger charge is 2.25. The summed E-state index contributed by atoms with van der Waals surface area (Å²) in [5, 5.41) is 2.62. The summed E-state index contributed by atoms with van der Waals surface area (Å²) in [6.45, 7) is 0. The van der Waals surface area contributed by atoms with E-state index in [-0.39, 0.29) is 0 Å². The molecule has 0 aliphatic rings. The van der Waals surface area contributed by atoms with Gasteiger partial charge in [-0.2, -0.15) is 0 Å². The van der Waals surface area contributed by atoms with Crippen LogP contribution in [-0.4, -0.2) is 4.57 Å². The molecule has 6 rings (SSSR count). The van der Waals surface area contributed by atoms with E-state index in [0.717, 1.165) is 0 Å². The minimum absolute atomic E-state index is 1.24. The number of fused-ring (bicyclic) bond motifs is 3. The Balaban J connectivity index is 1.92. The maximum Gasteiger partial charge on any atom is 0.0581 e. The third-order valence-corrected chi connectivity index (χ3v) is 7.55. The fourth-order valence-corrected chi connectivity index (χ4v) is 6.20. The van der Waals surface area contributed by atoms with Crippen molar-refractivity contribution in [3.63, 3.8) is 0 Å². The molecule has 0 unspecified atom stereocenters. The smallest absolute Gasteiger partial charge is 0.0581 e. The Bertz CT molecular complexity index is 1600. The predicted octanol–water partition coefficient (Wildman–Crippen LogP) is 8.94. The normalized spacial score (nSPS) is 11.3. The summed E-state index contributed by atoms with van der Waals surface area (Å²) in [5.74, 6) is 0. The molecule has 1 heterocycles. The summed E-state index contributed by atoms with van der Waals surface area (Å²) < 4.78 is 3.66. The number of nitrogens with zero attached hydrogens (tertiary/aromatic N) is 1. The number of para-hydroxylation sites is 1. The maximum atomic E-state index is 2.58. The molecule has 0 radical (unpaired) electrons. The Labute approximate surface area is 207 Å². The zero-order valence-corrected chi connectivity index (χ0v) is 20.5. The van der Waals surface area contributed by atoms with Crippen molar-refractivity contribution in [3.8, 4) is 33.4 Å². The molecular weight excluding hydrogens is 513 g/mol. The van der Waals surface area contributed by atoms with Gasteiger partial charge in [0.2, 0.25) is 0 Å². The highest BCUT2D eigenvalue weighted by Crippen LogP contribution is 2.49. The molecule has 0 aliphatic heterocycles. The highest BCUT2D eigenvalue weighted by molar-refractivity contribution is 14.1. The van der Waals surface area contributed by atoms with Crippen LogP contribution in [0.4, 0.5) is 0 Å². The molecule has 0 spiro atoms. The average Bonchev–Trinajstić information content (AvgIpc) is 3.17. The van der Waals surface area contributed by atoms with E-state index in [1.54, 1.807) is 0 Å². The van der Waals surface area contributed by atoms with Crippen molar-refractivity contribution in [3.05, 3.63) is 119 Å². The Morgan fingerprint density at radius 1 is 0.515 bits per heavy atom. The van der Waals surface area contributed by atoms with Gasteiger partial charge < -0.3 is 4.57 Å². The molecule has 0 aliphatic carbocycles. The van der Waals surface area contributed by atoms with Gasteiger partial charge in [0.05, 0.1) is 5.52 Å². The quantitative estimate of drug-likeness (QED) is 0.200. The lowest BCUT2D eigenvalue weighted by atomic mass is 9.87. The zero-order valence-electron chi connectivity index (χ0n) is 18.3. The molecule has 0 saturated heterocycles. The van der Waals surface area contributed by atoms with E-state index in [4.69, 9.17) is 0 Å². The molecule has 2 heteroatoms. The molecule has 5 aromatic carbocycles. The van der Waals surface area contributed by atoms with Crippen molar-refractivity contribution in [1.82, 2.24) is 4.57 Å². The molecule has 1 nitrogen and oxygen atoms in total. The number of aromatic nitrogens is 1. The van der Waals surface area contributed by atoms with E-state index in [2.05, 4.69) is 149 Å². The summed E-state index contributed by atoms with van der Waals surface area (Å²) in [6.07, 6.45) is 0. The van der Waals surface area contributed by atoms with Crippen LogP contribution in [-0.2, 0) is 7.05 Å². The van der Waals surface area contributed by atoms with Gasteiger partial charge in [0.1, 0.15) is 0 Å². The number of rotatable bonds is 3. The fraction of sp³-hybridized carbons (Fsp3) is 0.0323. The van der Waals surface area contributed by atoms with Crippen molar-refractivity contribution < 1.29 is 0 Å². The van der Waals surface area contributed by atoms with Crippen LogP contribution in [0, 0.1) is 3.57 Å². The first-order valence-electron chi connectivity index (χ1n) is 11.1. The van der Waals surface area contributed by atoms with Gasteiger partial charge in [-0.1, -0.05) is 109 Å². The van der Waals surface area contributed by atoms with Gasteiger partial charge in [0, 0.05) is 43.6 Å². The number of hydrogen-bond acceptors (Lipinski definition) is 0. The number of benzene rings is 5. The van der Waals surface area contributed by atoms with E-state index in [0.29, 0.717) is 0 Å². The molecular formula is C31H22IN. The molecule has 0 saturated carbocycles. The van der Waals surface area contributed by atoms with Crippen LogP contribution in [0.2, 0.25) is 0 Å². The third kappa shape index (κ3) is 3.20. The van der Waals surface area contributed by atoms with E-state index >= 15 is 0 Å². The minimum atomic E-state index is 1.24. The summed E-state index contributed by atoms with van der Waals surface area (Å²) >= 11 is 2.58. The topological polar surface area (TPSA) is 4.93 Å². The Hall–Kier alpha value is -3.37. The van der Waals surface area contributed by atoms with E-state index < -0.39 is 0 Å². The van der Waals surface area contributed by atoms with Crippen LogP contribution in [0.25, 0.3) is 55.2 Å². The standard InChI is InChI=1S/C31H22IN/c1-33-25-20-12-11-19-24(25)29-27(22-15-7-3-8-16-22)30(32)26(21-13-5-2-6-14-21)28(31(29)33)23-17-9-4-10-18-23/h2-20H,1H3. The van der Waals surface area contributed by atoms with Crippen molar-refractivity contribution in [2.75, 3.05) is 0 Å². The lowest BCUT2D eigenvalue weighted by Gasteiger charge is -2.20. The Morgan fingerprint density at radius 3 is 1.55 bits per heavy atom. The Morgan fingerprint density at radius 2 is 0.970 bits per heavy atom. The number of halogens is 1. The lowest BCUT2D eigenvalue weighted by molar-refractivity contribution is 1.02. The largest absolute Gasteiger partial charge is 0.343 e. The molecule has 0 bridgehead atoms. The van der Waals surface area contributed by atoms with Crippen LogP contribution in [0.5, 0.6) is 0 Å². The van der Waals surface area contributed by atoms with Crippen molar-refractivity contribution in [1.29, 1.82) is 0 Å². The monoisotopic (exact) mass is 535 g/mol. The number of aryl methyl sites for hydroxylation is 1. The first-order valence-corrected chi connectivity index (χ1v) is 12.2. The van der Waals surface area contributed by atoms with Crippen LogP contribution in [0.1, 0.15) is 0 Å². The lowest BCUT2D eigenvalue weighted by Crippen LogP contribution is -1.98. The molecule has 6 aromatic rings. The van der Waals surface area contributed by atoms with E-state index in [9.17, 15) is 0 Å². The van der Waals surface area contributed by atoms with Crippen LogP contribution < -0.4 is 0 Å². The van der Waals surface area contributed by atoms with Gasteiger partial charge in [0.25, 0.3) is 0 Å². The minimum Gasteiger partial charge on any atom is -0.343 e. The number of hydrogen-bond donors (Lipinski definition) is 0. The average molecular weight is 535 g/mol. The fourth-order valence-electron chi connectivity index (χ4n) is 5.04. The summed E-state index contributed by atoms with van der Waals surface area (Å²) in [4.78, 5) is 0. The Kier molecular flexibility index (Phi) is 5.03. The van der Waals surface area contributed by atoms with Gasteiger partial charge in [-0.05, 0) is 45.3 Å². The zero-order chi connectivity index (χ0) is 22.4. The second-order valence-electron chi connectivity index (χ2n) is 8.34. The van der Waals surface area contributed by atoms with Gasteiger partial charge in [-0.25, -0.2) is 0 Å². The molecule has 0 fully saturated rings. The predicted molar refractivity (Wildman–Crippen MR) is 149 cm³/mol. The van der Waals surface area contributed by atoms with Crippen LogP contribution in [0.3, 0.4) is 0 Å². The van der Waals surface area contributed by atoms with Crippen molar-refractivity contribution in [2.45, 2.75) is 0 Å². The molecule has 1 aromatic heterocycles. The molecule has 0 atom stereocenters. The van der Waals surface area contributed by atoms with Crippen molar-refractivity contribution in [2.24, 2.45) is 7.05 Å². The summed E-state index contributed by atoms with van der Waals surface area (Å²) in [5.41, 5.74) is 10.2. The van der Waals surface area contributed by atoms with E-state index in [1.807, 2.05) is 0 Å². The van der Waals surface area contributed by atoms with Gasteiger partial charge in [0.15, 0.2) is 0 Å². The second-order valence-corrected chi connectivity index (χ2v) is 9.42. The summed E-state index contributed by atoms with van der Waals surface area (Å²) in [7, 11) is 2.20. The molecule has 33 heavy (non-hydrogen) atoms. The molecule has 158 valence electrons. The SMILES string of the molecule is Cn1c2ccccc2c2c(-c3ccccc3)c(I)c(-c3ccccc3)c(-c3ccccc3)c21. The first kappa shape index (κ1) is 20.3.